The Morgan fingerprint density at radius 3 is 2.52 bits per heavy atom. The van der Waals surface area contributed by atoms with Gasteiger partial charge in [-0.1, -0.05) is 18.2 Å². The van der Waals surface area contributed by atoms with E-state index in [9.17, 15) is 4.79 Å². The monoisotopic (exact) mass is 386 g/mol. The Balaban J connectivity index is 1.28. The van der Waals surface area contributed by atoms with E-state index in [1.165, 1.54) is 12.5 Å². The zero-order chi connectivity index (χ0) is 19.9. The molecule has 4 aromatic rings. The van der Waals surface area contributed by atoms with Crippen LogP contribution in [0.3, 0.4) is 0 Å². The molecular weight excluding hydrogens is 368 g/mol. The van der Waals surface area contributed by atoms with Crippen molar-refractivity contribution in [3.8, 4) is 0 Å². The third kappa shape index (κ3) is 4.78. The van der Waals surface area contributed by atoms with Crippen LogP contribution in [-0.4, -0.2) is 43.9 Å². The Labute approximate surface area is 166 Å². The van der Waals surface area contributed by atoms with Crippen LogP contribution in [0.2, 0.25) is 0 Å². The van der Waals surface area contributed by atoms with Gasteiger partial charge in [-0.25, -0.2) is 19.9 Å². The van der Waals surface area contributed by atoms with Crippen molar-refractivity contribution >= 4 is 34.4 Å². The SMILES string of the molecule is O=C(NCCNc1cc(Nc2ccccn2)ncn1)c1cnc2ccccc2n1. The molecule has 0 unspecified atom stereocenters. The van der Waals surface area contributed by atoms with Crippen molar-refractivity contribution in [2.45, 2.75) is 0 Å². The number of fused-ring (bicyclic) bond motifs is 1. The molecule has 144 valence electrons. The number of pyridine rings is 1. The second-order valence-corrected chi connectivity index (χ2v) is 6.06. The first-order valence-electron chi connectivity index (χ1n) is 9.02. The lowest BCUT2D eigenvalue weighted by molar-refractivity contribution is 0.0950. The fourth-order valence-electron chi connectivity index (χ4n) is 2.61. The van der Waals surface area contributed by atoms with Gasteiger partial charge in [-0.2, -0.15) is 0 Å². The minimum Gasteiger partial charge on any atom is -0.368 e. The van der Waals surface area contributed by atoms with Crippen LogP contribution in [-0.2, 0) is 0 Å². The minimum atomic E-state index is -0.273. The summed E-state index contributed by atoms with van der Waals surface area (Å²) in [5.74, 6) is 1.68. The number of hydrogen-bond donors (Lipinski definition) is 3. The lowest BCUT2D eigenvalue weighted by atomic mass is 10.3. The Morgan fingerprint density at radius 2 is 1.66 bits per heavy atom. The van der Waals surface area contributed by atoms with Gasteiger partial charge in [-0.3, -0.25) is 9.78 Å². The van der Waals surface area contributed by atoms with Gasteiger partial charge in [0.05, 0.1) is 17.2 Å². The smallest absolute Gasteiger partial charge is 0.271 e. The van der Waals surface area contributed by atoms with E-state index >= 15 is 0 Å². The lowest BCUT2D eigenvalue weighted by Gasteiger charge is -2.09. The molecule has 0 aliphatic carbocycles. The number of rotatable bonds is 7. The van der Waals surface area contributed by atoms with Gasteiger partial charge in [0.15, 0.2) is 0 Å². The van der Waals surface area contributed by atoms with E-state index in [4.69, 9.17) is 0 Å². The molecule has 3 N–H and O–H groups in total. The van der Waals surface area contributed by atoms with Crippen molar-refractivity contribution < 1.29 is 4.79 Å². The molecule has 0 aliphatic rings. The summed E-state index contributed by atoms with van der Waals surface area (Å²) in [5, 5.41) is 9.06. The molecule has 0 radical (unpaired) electrons. The predicted octanol–water partition coefficient (Wildman–Crippen LogP) is 2.40. The molecule has 1 aromatic carbocycles. The van der Waals surface area contributed by atoms with Gasteiger partial charge in [0.2, 0.25) is 0 Å². The fraction of sp³-hybridized carbons (Fsp3) is 0.100. The second kappa shape index (κ2) is 8.70. The van der Waals surface area contributed by atoms with Crippen molar-refractivity contribution in [3.63, 3.8) is 0 Å². The van der Waals surface area contributed by atoms with Crippen LogP contribution in [0.5, 0.6) is 0 Å². The van der Waals surface area contributed by atoms with Crippen LogP contribution in [0, 0.1) is 0 Å². The fourth-order valence-corrected chi connectivity index (χ4v) is 2.61. The molecule has 0 atom stereocenters. The molecule has 3 heterocycles. The summed E-state index contributed by atoms with van der Waals surface area (Å²) >= 11 is 0. The Bertz CT molecular complexity index is 1120. The first-order chi connectivity index (χ1) is 14.3. The van der Waals surface area contributed by atoms with Gasteiger partial charge >= 0.3 is 0 Å². The number of carbonyl (C=O) groups excluding carboxylic acids is 1. The van der Waals surface area contributed by atoms with Gasteiger partial charge in [0.25, 0.3) is 5.91 Å². The zero-order valence-corrected chi connectivity index (χ0v) is 15.4. The molecule has 29 heavy (non-hydrogen) atoms. The van der Waals surface area contributed by atoms with Crippen LogP contribution in [0.15, 0.2) is 67.3 Å². The third-order valence-corrected chi connectivity index (χ3v) is 3.99. The van der Waals surface area contributed by atoms with Gasteiger partial charge in [-0.05, 0) is 24.3 Å². The van der Waals surface area contributed by atoms with Gasteiger partial charge in [0, 0.05) is 25.4 Å². The maximum atomic E-state index is 12.3. The molecule has 9 nitrogen and oxygen atoms in total. The largest absolute Gasteiger partial charge is 0.368 e. The Hall–Kier alpha value is -4.14. The maximum Gasteiger partial charge on any atom is 0.271 e. The first-order valence-corrected chi connectivity index (χ1v) is 9.02. The highest BCUT2D eigenvalue weighted by atomic mass is 16.1. The average molecular weight is 386 g/mol. The maximum absolute atomic E-state index is 12.3. The molecule has 0 aliphatic heterocycles. The number of amides is 1. The van der Waals surface area contributed by atoms with Gasteiger partial charge < -0.3 is 16.0 Å². The highest BCUT2D eigenvalue weighted by molar-refractivity contribution is 5.93. The Morgan fingerprint density at radius 1 is 0.828 bits per heavy atom. The van der Waals surface area contributed by atoms with Crippen molar-refractivity contribution in [2.75, 3.05) is 23.7 Å². The second-order valence-electron chi connectivity index (χ2n) is 6.06. The summed E-state index contributed by atoms with van der Waals surface area (Å²) in [6, 6.07) is 14.8. The molecule has 0 fully saturated rings. The first kappa shape index (κ1) is 18.2. The van der Waals surface area contributed by atoms with Crippen LogP contribution in [0.4, 0.5) is 17.5 Å². The summed E-state index contributed by atoms with van der Waals surface area (Å²) in [5.41, 5.74) is 1.73. The molecule has 3 aromatic heterocycles. The highest BCUT2D eigenvalue weighted by Gasteiger charge is 2.08. The zero-order valence-electron chi connectivity index (χ0n) is 15.4. The molecular formula is C20H18N8O. The van der Waals surface area contributed by atoms with Crippen LogP contribution < -0.4 is 16.0 Å². The molecule has 0 spiro atoms. The minimum absolute atomic E-state index is 0.273. The predicted molar refractivity (Wildman–Crippen MR) is 110 cm³/mol. The molecule has 0 saturated heterocycles. The summed E-state index contributed by atoms with van der Waals surface area (Å²) in [4.78, 5) is 33.4. The van der Waals surface area contributed by atoms with Crippen LogP contribution >= 0.6 is 0 Å². The van der Waals surface area contributed by atoms with E-state index < -0.39 is 0 Å². The van der Waals surface area contributed by atoms with E-state index in [0.29, 0.717) is 36.1 Å². The third-order valence-electron chi connectivity index (χ3n) is 3.99. The topological polar surface area (TPSA) is 118 Å². The molecule has 0 saturated carbocycles. The number of para-hydroxylation sites is 2. The van der Waals surface area contributed by atoms with Crippen LogP contribution in [0.25, 0.3) is 11.0 Å². The van der Waals surface area contributed by atoms with E-state index in [-0.39, 0.29) is 11.6 Å². The summed E-state index contributed by atoms with van der Waals surface area (Å²) < 4.78 is 0. The Kier molecular flexibility index (Phi) is 5.47. The molecule has 1 amide bonds. The van der Waals surface area contributed by atoms with Crippen molar-refractivity contribution in [1.82, 2.24) is 30.2 Å². The van der Waals surface area contributed by atoms with Gasteiger partial charge in [0.1, 0.15) is 29.5 Å². The number of nitrogens with zero attached hydrogens (tertiary/aromatic N) is 5. The lowest BCUT2D eigenvalue weighted by Crippen LogP contribution is -2.29. The molecule has 0 bridgehead atoms. The normalized spacial score (nSPS) is 10.5. The van der Waals surface area contributed by atoms with E-state index in [1.807, 2.05) is 42.5 Å². The quantitative estimate of drug-likeness (QED) is 0.415. The van der Waals surface area contributed by atoms with Crippen LogP contribution in [0.1, 0.15) is 10.5 Å². The number of carbonyl (C=O) groups is 1. The summed E-state index contributed by atoms with van der Waals surface area (Å²) in [6.45, 7) is 0.896. The number of nitrogens with one attached hydrogen (secondary N) is 3. The van der Waals surface area contributed by atoms with Crippen molar-refractivity contribution in [3.05, 3.63) is 72.9 Å². The van der Waals surface area contributed by atoms with Gasteiger partial charge in [-0.15, -0.1) is 0 Å². The van der Waals surface area contributed by atoms with Crippen molar-refractivity contribution in [1.29, 1.82) is 0 Å². The number of anilines is 3. The van der Waals surface area contributed by atoms with Crippen molar-refractivity contribution in [2.24, 2.45) is 0 Å². The molecule has 9 heteroatoms. The van der Waals surface area contributed by atoms with E-state index in [1.54, 1.807) is 12.3 Å². The number of aromatic nitrogens is 5. The number of benzene rings is 1. The average Bonchev–Trinajstić information content (AvgIpc) is 2.77. The summed E-state index contributed by atoms with van der Waals surface area (Å²) in [7, 11) is 0. The van der Waals surface area contributed by atoms with E-state index in [2.05, 4.69) is 40.9 Å². The highest BCUT2D eigenvalue weighted by Crippen LogP contribution is 2.13. The van der Waals surface area contributed by atoms with E-state index in [0.717, 1.165) is 5.52 Å². The number of hydrogen-bond acceptors (Lipinski definition) is 8. The standard InChI is InChI=1S/C20H18N8O/c29-20(16-12-24-14-5-1-2-6-15(14)27-16)23-10-9-22-18-11-19(26-13-25-18)28-17-7-3-4-8-21-17/h1-8,11-13H,9-10H2,(H,23,29)(H2,21,22,25,26,28). The molecule has 4 rings (SSSR count). The summed E-state index contributed by atoms with van der Waals surface area (Å²) in [6.07, 6.45) is 4.63.